The second kappa shape index (κ2) is 12.6. The van der Waals surface area contributed by atoms with Crippen molar-refractivity contribution in [2.75, 3.05) is 10.8 Å². The van der Waals surface area contributed by atoms with Crippen LogP contribution in [-0.4, -0.2) is 43.8 Å². The molecule has 0 saturated heterocycles. The van der Waals surface area contributed by atoms with Gasteiger partial charge < -0.3 is 10.2 Å². The molecule has 0 aliphatic heterocycles. The Hall–Kier alpha value is -2.88. The zero-order chi connectivity index (χ0) is 27.2. The molecule has 196 valence electrons. The summed E-state index contributed by atoms with van der Waals surface area (Å²) < 4.78 is 29.2. The zero-order valence-electron chi connectivity index (χ0n) is 20.8. The molecule has 0 aliphatic rings. The van der Waals surface area contributed by atoms with Gasteiger partial charge in [-0.15, -0.1) is 0 Å². The predicted octanol–water partition coefficient (Wildman–Crippen LogP) is 5.24. The molecule has 0 heterocycles. The van der Waals surface area contributed by atoms with E-state index >= 15 is 0 Å². The molecule has 0 bridgehead atoms. The molecule has 0 aromatic heterocycles. The lowest BCUT2D eigenvalue weighted by Crippen LogP contribution is -2.52. The van der Waals surface area contributed by atoms with Crippen LogP contribution in [0.1, 0.15) is 26.3 Å². The number of carbonyl (C=O) groups excluding carboxylic acids is 2. The van der Waals surface area contributed by atoms with Crippen molar-refractivity contribution in [2.24, 2.45) is 0 Å². The van der Waals surface area contributed by atoms with Gasteiger partial charge in [-0.3, -0.25) is 13.9 Å². The predicted molar refractivity (Wildman–Crippen MR) is 150 cm³/mol. The summed E-state index contributed by atoms with van der Waals surface area (Å²) in [5.74, 6) is -0.849. The van der Waals surface area contributed by atoms with E-state index in [2.05, 4.69) is 21.2 Å². The lowest BCUT2D eigenvalue weighted by molar-refractivity contribution is -0.139. The first-order chi connectivity index (χ1) is 17.5. The number of carbonyl (C=O) groups is 2. The Morgan fingerprint density at radius 3 is 2.19 bits per heavy atom. The second-order valence-corrected chi connectivity index (χ2v) is 12.0. The molecule has 1 atom stereocenters. The van der Waals surface area contributed by atoms with Crippen LogP contribution in [0.15, 0.2) is 88.2 Å². The average Bonchev–Trinajstić information content (AvgIpc) is 2.85. The van der Waals surface area contributed by atoms with Crippen molar-refractivity contribution < 1.29 is 18.0 Å². The Labute approximate surface area is 231 Å². The van der Waals surface area contributed by atoms with Crippen LogP contribution in [0.25, 0.3) is 0 Å². The Balaban J connectivity index is 2.00. The van der Waals surface area contributed by atoms with Gasteiger partial charge in [-0.05, 0) is 74.9 Å². The topological polar surface area (TPSA) is 86.8 Å². The maximum Gasteiger partial charge on any atom is 0.264 e. The minimum atomic E-state index is -4.12. The van der Waals surface area contributed by atoms with E-state index in [-0.39, 0.29) is 23.4 Å². The summed E-state index contributed by atoms with van der Waals surface area (Å²) in [6.07, 6.45) is 0. The molecule has 0 spiro atoms. The number of benzene rings is 3. The molecule has 0 unspecified atom stereocenters. The van der Waals surface area contributed by atoms with Crippen LogP contribution in [0.4, 0.5) is 5.69 Å². The van der Waals surface area contributed by atoms with Crippen molar-refractivity contribution in [2.45, 2.75) is 44.3 Å². The lowest BCUT2D eigenvalue weighted by Gasteiger charge is -2.32. The van der Waals surface area contributed by atoms with Gasteiger partial charge in [0.15, 0.2) is 0 Å². The number of rotatable bonds is 10. The first-order valence-electron chi connectivity index (χ1n) is 11.7. The van der Waals surface area contributed by atoms with Crippen LogP contribution in [0, 0.1) is 0 Å². The van der Waals surface area contributed by atoms with Gasteiger partial charge in [0.25, 0.3) is 10.0 Å². The molecule has 3 aromatic rings. The third kappa shape index (κ3) is 7.56. The molecule has 7 nitrogen and oxygen atoms in total. The summed E-state index contributed by atoms with van der Waals surface area (Å²) in [6.45, 7) is 4.92. The normalized spacial score (nSPS) is 12.2. The highest BCUT2D eigenvalue weighted by atomic mass is 79.9. The number of hydrogen-bond acceptors (Lipinski definition) is 4. The van der Waals surface area contributed by atoms with Gasteiger partial charge in [0.2, 0.25) is 11.8 Å². The Morgan fingerprint density at radius 1 is 0.946 bits per heavy atom. The Morgan fingerprint density at radius 2 is 1.59 bits per heavy atom. The summed E-state index contributed by atoms with van der Waals surface area (Å²) in [5.41, 5.74) is 1.12. The fourth-order valence-electron chi connectivity index (χ4n) is 3.68. The molecule has 0 fully saturated rings. The average molecular weight is 607 g/mol. The number of hydrogen-bond donors (Lipinski definition) is 1. The van der Waals surface area contributed by atoms with E-state index in [1.54, 1.807) is 37.3 Å². The van der Waals surface area contributed by atoms with Crippen LogP contribution in [0.2, 0.25) is 5.02 Å². The molecule has 3 rings (SSSR count). The molecule has 10 heteroatoms. The Bertz CT molecular complexity index is 1340. The SMILES string of the molecule is CC(C)NC(=O)[C@H](C)N(Cc1cccc(Br)c1)C(=O)CN(c1ccccc1)S(=O)(=O)c1ccc(Cl)cc1. The van der Waals surface area contributed by atoms with Crippen LogP contribution in [0.3, 0.4) is 0 Å². The molecular weight excluding hydrogens is 578 g/mol. The highest BCUT2D eigenvalue weighted by molar-refractivity contribution is 9.10. The number of halogens is 2. The number of sulfonamides is 1. The highest BCUT2D eigenvalue weighted by Crippen LogP contribution is 2.25. The van der Waals surface area contributed by atoms with E-state index in [9.17, 15) is 18.0 Å². The number of anilines is 1. The van der Waals surface area contributed by atoms with E-state index in [1.807, 2.05) is 38.1 Å². The molecule has 0 radical (unpaired) electrons. The molecule has 2 amide bonds. The van der Waals surface area contributed by atoms with Gasteiger partial charge in [-0.2, -0.15) is 0 Å². The summed E-state index contributed by atoms with van der Waals surface area (Å²) in [7, 11) is -4.12. The monoisotopic (exact) mass is 605 g/mol. The van der Waals surface area contributed by atoms with Gasteiger partial charge >= 0.3 is 0 Å². The summed E-state index contributed by atoms with van der Waals surface area (Å²) >= 11 is 9.40. The molecular formula is C27H29BrClN3O4S. The van der Waals surface area contributed by atoms with Gasteiger partial charge in [0.05, 0.1) is 10.6 Å². The van der Waals surface area contributed by atoms with Crippen LogP contribution >= 0.6 is 27.5 Å². The van der Waals surface area contributed by atoms with Crippen molar-refractivity contribution in [3.8, 4) is 0 Å². The summed E-state index contributed by atoms with van der Waals surface area (Å²) in [4.78, 5) is 28.1. The van der Waals surface area contributed by atoms with E-state index < -0.39 is 28.5 Å². The fourth-order valence-corrected chi connectivity index (χ4v) is 5.66. The molecule has 3 aromatic carbocycles. The minimum Gasteiger partial charge on any atom is -0.352 e. The molecule has 1 N–H and O–H groups in total. The molecule has 0 saturated carbocycles. The van der Waals surface area contributed by atoms with Crippen molar-refractivity contribution in [1.82, 2.24) is 10.2 Å². The van der Waals surface area contributed by atoms with E-state index in [0.29, 0.717) is 10.7 Å². The maximum atomic E-state index is 13.8. The van der Waals surface area contributed by atoms with E-state index in [0.717, 1.165) is 14.3 Å². The number of amides is 2. The van der Waals surface area contributed by atoms with Gasteiger partial charge in [-0.1, -0.05) is 57.9 Å². The van der Waals surface area contributed by atoms with Crippen LogP contribution in [0.5, 0.6) is 0 Å². The van der Waals surface area contributed by atoms with E-state index in [4.69, 9.17) is 11.6 Å². The first-order valence-corrected chi connectivity index (χ1v) is 14.3. The summed E-state index contributed by atoms with van der Waals surface area (Å²) in [5, 5.41) is 3.23. The van der Waals surface area contributed by atoms with Crippen molar-refractivity contribution >= 4 is 55.1 Å². The maximum absolute atomic E-state index is 13.8. The number of para-hydroxylation sites is 1. The number of nitrogens with zero attached hydrogens (tertiary/aromatic N) is 2. The van der Waals surface area contributed by atoms with Crippen molar-refractivity contribution in [3.05, 3.63) is 93.9 Å². The minimum absolute atomic E-state index is 0.00214. The molecule has 0 aliphatic carbocycles. The lowest BCUT2D eigenvalue weighted by atomic mass is 10.1. The highest BCUT2D eigenvalue weighted by Gasteiger charge is 2.32. The largest absolute Gasteiger partial charge is 0.352 e. The van der Waals surface area contributed by atoms with Crippen molar-refractivity contribution in [1.29, 1.82) is 0 Å². The molecule has 37 heavy (non-hydrogen) atoms. The third-order valence-electron chi connectivity index (χ3n) is 5.56. The third-order valence-corrected chi connectivity index (χ3v) is 8.10. The summed E-state index contributed by atoms with van der Waals surface area (Å²) in [6, 6.07) is 20.6. The quantitative estimate of drug-likeness (QED) is 0.342. The van der Waals surface area contributed by atoms with Crippen LogP contribution in [-0.2, 0) is 26.2 Å². The van der Waals surface area contributed by atoms with Gasteiger partial charge in [0, 0.05) is 22.1 Å². The smallest absolute Gasteiger partial charge is 0.264 e. The van der Waals surface area contributed by atoms with Gasteiger partial charge in [0.1, 0.15) is 12.6 Å². The van der Waals surface area contributed by atoms with Crippen LogP contribution < -0.4 is 9.62 Å². The fraction of sp³-hybridized carbons (Fsp3) is 0.259. The standard InChI is InChI=1S/C27H29BrClN3O4S/c1-19(2)30-27(34)20(3)31(17-21-8-7-9-22(28)16-21)26(33)18-32(24-10-5-4-6-11-24)37(35,36)25-14-12-23(29)13-15-25/h4-16,19-20H,17-18H2,1-3H3,(H,30,34)/t20-/m0/s1. The first kappa shape index (κ1) is 28.7. The second-order valence-electron chi connectivity index (χ2n) is 8.79. The zero-order valence-corrected chi connectivity index (χ0v) is 23.9. The van der Waals surface area contributed by atoms with Crippen molar-refractivity contribution in [3.63, 3.8) is 0 Å². The number of nitrogens with one attached hydrogen (secondary N) is 1. The van der Waals surface area contributed by atoms with E-state index in [1.165, 1.54) is 29.2 Å². The van der Waals surface area contributed by atoms with Gasteiger partial charge in [-0.25, -0.2) is 8.42 Å². The Kier molecular flexibility index (Phi) is 9.75.